The van der Waals surface area contributed by atoms with Gasteiger partial charge in [0.15, 0.2) is 4.77 Å². The molecule has 3 rings (SSSR count). The lowest BCUT2D eigenvalue weighted by molar-refractivity contribution is 0.0952. The summed E-state index contributed by atoms with van der Waals surface area (Å²) in [5, 5.41) is 3.47. The number of rotatable bonds is 5. The Kier molecular flexibility index (Phi) is 5.32. The lowest BCUT2D eigenvalue weighted by atomic mass is 10.0. The first-order valence-electron chi connectivity index (χ1n) is 8.61. The van der Waals surface area contributed by atoms with Crippen LogP contribution in [0.15, 0.2) is 53.3 Å². The Morgan fingerprint density at radius 3 is 2.65 bits per heavy atom. The molecule has 0 radical (unpaired) electrons. The number of hydrogen-bond donors (Lipinski definition) is 2. The maximum absolute atomic E-state index is 12.5. The van der Waals surface area contributed by atoms with E-state index >= 15 is 0 Å². The van der Waals surface area contributed by atoms with Crippen LogP contribution in [0.3, 0.4) is 0 Å². The first kappa shape index (κ1) is 18.1. The van der Waals surface area contributed by atoms with Crippen LogP contribution in [0.2, 0.25) is 0 Å². The number of amides is 1. The van der Waals surface area contributed by atoms with Gasteiger partial charge in [0.25, 0.3) is 11.5 Å². The van der Waals surface area contributed by atoms with Crippen molar-refractivity contribution in [3.8, 4) is 0 Å². The van der Waals surface area contributed by atoms with Gasteiger partial charge in [0.2, 0.25) is 0 Å². The number of fused-ring (bicyclic) bond motifs is 1. The molecule has 0 aliphatic carbocycles. The number of aromatic amines is 1. The van der Waals surface area contributed by atoms with Crippen molar-refractivity contribution in [2.24, 2.45) is 0 Å². The molecule has 0 bridgehead atoms. The van der Waals surface area contributed by atoms with Crippen molar-refractivity contribution in [2.45, 2.75) is 26.3 Å². The van der Waals surface area contributed by atoms with Crippen molar-refractivity contribution in [3.05, 3.63) is 74.8 Å². The predicted molar refractivity (Wildman–Crippen MR) is 106 cm³/mol. The van der Waals surface area contributed by atoms with Gasteiger partial charge in [-0.25, -0.2) is 0 Å². The second kappa shape index (κ2) is 7.66. The Balaban J connectivity index is 1.81. The monoisotopic (exact) mass is 367 g/mol. The zero-order chi connectivity index (χ0) is 18.7. The molecular weight excluding hydrogens is 346 g/mol. The third-order valence-corrected chi connectivity index (χ3v) is 4.82. The summed E-state index contributed by atoms with van der Waals surface area (Å²) >= 11 is 5.22. The van der Waals surface area contributed by atoms with Gasteiger partial charge >= 0.3 is 0 Å². The van der Waals surface area contributed by atoms with Crippen LogP contribution >= 0.6 is 12.2 Å². The van der Waals surface area contributed by atoms with Crippen molar-refractivity contribution in [3.63, 3.8) is 0 Å². The molecule has 2 N–H and O–H groups in total. The fourth-order valence-electron chi connectivity index (χ4n) is 2.93. The summed E-state index contributed by atoms with van der Waals surface area (Å²) in [6, 6.07) is 15.1. The molecule has 0 aliphatic heterocycles. The molecule has 5 nitrogen and oxygen atoms in total. The molecule has 134 valence electrons. The van der Waals surface area contributed by atoms with E-state index in [1.165, 1.54) is 10.1 Å². The summed E-state index contributed by atoms with van der Waals surface area (Å²) in [7, 11) is 0. The lowest BCUT2D eigenvalue weighted by Gasteiger charge is -2.13. The van der Waals surface area contributed by atoms with E-state index in [1.54, 1.807) is 18.2 Å². The van der Waals surface area contributed by atoms with Crippen LogP contribution in [0.4, 0.5) is 0 Å². The Morgan fingerprint density at radius 1 is 1.23 bits per heavy atom. The van der Waals surface area contributed by atoms with E-state index in [0.29, 0.717) is 34.3 Å². The Hall–Kier alpha value is -2.73. The van der Waals surface area contributed by atoms with E-state index in [1.807, 2.05) is 37.3 Å². The highest BCUT2D eigenvalue weighted by Gasteiger charge is 2.12. The smallest absolute Gasteiger partial charge is 0.262 e. The normalized spacial score (nSPS) is 12.1. The number of hydrogen-bond acceptors (Lipinski definition) is 3. The van der Waals surface area contributed by atoms with Gasteiger partial charge < -0.3 is 10.3 Å². The second-order valence-corrected chi connectivity index (χ2v) is 6.65. The van der Waals surface area contributed by atoms with Crippen LogP contribution in [0.5, 0.6) is 0 Å². The Labute approximate surface area is 156 Å². The average Bonchev–Trinajstić information content (AvgIpc) is 2.66. The van der Waals surface area contributed by atoms with Gasteiger partial charge in [0.05, 0.1) is 10.9 Å². The maximum atomic E-state index is 12.5. The molecule has 2 aromatic carbocycles. The first-order valence-corrected chi connectivity index (χ1v) is 9.02. The van der Waals surface area contributed by atoms with Gasteiger partial charge in [-0.3, -0.25) is 14.2 Å². The summed E-state index contributed by atoms with van der Waals surface area (Å²) in [5.41, 5.74) is 2.11. The number of nitrogens with one attached hydrogen (secondary N) is 2. The minimum absolute atomic E-state index is 0.143. The zero-order valence-corrected chi connectivity index (χ0v) is 15.6. The number of benzene rings is 2. The van der Waals surface area contributed by atoms with Crippen LogP contribution in [0, 0.1) is 4.77 Å². The van der Waals surface area contributed by atoms with E-state index in [9.17, 15) is 9.59 Å². The number of carbonyl (C=O) groups excluding carboxylic acids is 1. The quantitative estimate of drug-likeness (QED) is 0.677. The highest BCUT2D eigenvalue weighted by Crippen LogP contribution is 2.14. The van der Waals surface area contributed by atoms with E-state index in [-0.39, 0.29) is 17.4 Å². The minimum atomic E-state index is -0.173. The molecule has 0 fully saturated rings. The van der Waals surface area contributed by atoms with Crippen molar-refractivity contribution < 1.29 is 4.79 Å². The largest absolute Gasteiger partial charge is 0.351 e. The van der Waals surface area contributed by atoms with Gasteiger partial charge in [-0.1, -0.05) is 37.3 Å². The van der Waals surface area contributed by atoms with Gasteiger partial charge in [0.1, 0.15) is 0 Å². The zero-order valence-electron chi connectivity index (χ0n) is 14.8. The molecule has 0 unspecified atom stereocenters. The highest BCUT2D eigenvalue weighted by atomic mass is 32.1. The topological polar surface area (TPSA) is 66.9 Å². The number of aromatic nitrogens is 2. The van der Waals surface area contributed by atoms with Gasteiger partial charge in [-0.2, -0.15) is 0 Å². The third kappa shape index (κ3) is 3.60. The summed E-state index contributed by atoms with van der Waals surface area (Å²) < 4.78 is 1.86. The fraction of sp³-hybridized carbons (Fsp3) is 0.250. The molecule has 3 aromatic rings. The number of nitrogens with zero attached hydrogens (tertiary/aromatic N) is 1. The molecule has 1 aromatic heterocycles. The van der Waals surface area contributed by atoms with Gasteiger partial charge in [-0.05, 0) is 48.8 Å². The van der Waals surface area contributed by atoms with E-state index in [2.05, 4.69) is 17.2 Å². The summed E-state index contributed by atoms with van der Waals surface area (Å²) in [6.45, 7) is 4.98. The van der Waals surface area contributed by atoms with Crippen LogP contribution in [0.25, 0.3) is 10.9 Å². The standard InChI is InChI=1S/C20H21N3O2S/c1-3-23-19(25)16-10-9-15(11-17(16)22-20(23)26)18(24)21-12-13(2)14-7-5-4-6-8-14/h4-11,13H,3,12H2,1-2H3,(H,21,24)(H,22,26)/t13-/m0/s1. The van der Waals surface area contributed by atoms with Crippen LogP contribution in [-0.4, -0.2) is 22.0 Å². The molecule has 26 heavy (non-hydrogen) atoms. The molecule has 0 aliphatic rings. The number of H-pyrrole nitrogens is 1. The molecule has 1 amide bonds. The van der Waals surface area contributed by atoms with E-state index in [4.69, 9.17) is 12.2 Å². The maximum Gasteiger partial charge on any atom is 0.262 e. The number of carbonyl (C=O) groups is 1. The van der Waals surface area contributed by atoms with Crippen LogP contribution < -0.4 is 10.9 Å². The van der Waals surface area contributed by atoms with Gasteiger partial charge in [-0.15, -0.1) is 0 Å². The van der Waals surface area contributed by atoms with E-state index in [0.717, 1.165) is 0 Å². The average molecular weight is 367 g/mol. The molecule has 1 heterocycles. The molecule has 1 atom stereocenters. The van der Waals surface area contributed by atoms with Crippen molar-refractivity contribution in [2.75, 3.05) is 6.54 Å². The molecule has 0 spiro atoms. The molecule has 6 heteroatoms. The van der Waals surface area contributed by atoms with Gasteiger partial charge in [0, 0.05) is 18.7 Å². The first-order chi connectivity index (χ1) is 12.5. The molecule has 0 saturated heterocycles. The van der Waals surface area contributed by atoms with Crippen LogP contribution in [0.1, 0.15) is 35.7 Å². The second-order valence-electron chi connectivity index (χ2n) is 6.26. The van der Waals surface area contributed by atoms with E-state index < -0.39 is 0 Å². The molecule has 0 saturated carbocycles. The Morgan fingerprint density at radius 2 is 1.96 bits per heavy atom. The summed E-state index contributed by atoms with van der Waals surface area (Å²) in [6.07, 6.45) is 0. The SMILES string of the molecule is CCn1c(=S)[nH]c2cc(C(=O)NC[C@H](C)c3ccccc3)ccc2c1=O. The van der Waals surface area contributed by atoms with Crippen molar-refractivity contribution in [1.82, 2.24) is 14.9 Å². The summed E-state index contributed by atoms with van der Waals surface area (Å²) in [5.74, 6) is 0.0387. The van der Waals surface area contributed by atoms with Crippen molar-refractivity contribution >= 4 is 29.0 Å². The lowest BCUT2D eigenvalue weighted by Crippen LogP contribution is -2.27. The minimum Gasteiger partial charge on any atom is -0.351 e. The Bertz CT molecular complexity index is 1050. The van der Waals surface area contributed by atoms with Crippen molar-refractivity contribution in [1.29, 1.82) is 0 Å². The fourth-order valence-corrected chi connectivity index (χ4v) is 3.25. The predicted octanol–water partition coefficient (Wildman–Crippen LogP) is 3.61. The molecular formula is C20H21N3O2S. The van der Waals surface area contributed by atoms with Crippen LogP contribution in [-0.2, 0) is 6.54 Å². The third-order valence-electron chi connectivity index (χ3n) is 4.50. The highest BCUT2D eigenvalue weighted by molar-refractivity contribution is 7.71. The summed E-state index contributed by atoms with van der Waals surface area (Å²) in [4.78, 5) is 27.9.